The molecule has 0 heterocycles. The van der Waals surface area contributed by atoms with Crippen LogP contribution in [0.2, 0.25) is 0 Å². The highest BCUT2D eigenvalue weighted by Gasteiger charge is 2.30. The van der Waals surface area contributed by atoms with Gasteiger partial charge in [-0.05, 0) is 29.0 Å². The summed E-state index contributed by atoms with van der Waals surface area (Å²) >= 11 is 8.50. The van der Waals surface area contributed by atoms with Crippen LogP contribution in [0, 0.1) is 0 Å². The highest BCUT2D eigenvalue weighted by Crippen LogP contribution is 2.39. The molecule has 0 atom stereocenters. The normalized spacial score (nSPS) is 11.6. The van der Waals surface area contributed by atoms with Crippen molar-refractivity contribution in [2.24, 2.45) is 0 Å². The van der Waals surface area contributed by atoms with E-state index in [9.17, 15) is 18.0 Å². The van der Waals surface area contributed by atoms with Gasteiger partial charge >= 0.3 is 5.51 Å². The molecular weight excluding hydrogens is 353 g/mol. The quantitative estimate of drug-likeness (QED) is 0.565. The standard InChI is InChI=1S/C11H9BrClF3OS/c12-5-8(17)4-7-2-1-3-10(9(7)6-13)18-11(14,15)16/h1-3H,4-6H2. The third kappa shape index (κ3) is 4.82. The Balaban J connectivity index is 3.06. The Bertz CT molecular complexity index is 437. The average molecular weight is 362 g/mol. The summed E-state index contributed by atoms with van der Waals surface area (Å²) in [5.41, 5.74) is -3.45. The zero-order chi connectivity index (χ0) is 13.8. The second-order valence-corrected chi connectivity index (χ2v) is 5.36. The minimum atomic E-state index is -4.36. The van der Waals surface area contributed by atoms with Gasteiger partial charge in [-0.2, -0.15) is 13.2 Å². The van der Waals surface area contributed by atoms with Crippen molar-refractivity contribution in [3.05, 3.63) is 29.3 Å². The second kappa shape index (κ2) is 6.82. The van der Waals surface area contributed by atoms with Gasteiger partial charge in [0.15, 0.2) is 0 Å². The summed E-state index contributed by atoms with van der Waals surface area (Å²) in [6.07, 6.45) is 0.0829. The molecule has 1 aromatic carbocycles. The van der Waals surface area contributed by atoms with E-state index >= 15 is 0 Å². The second-order valence-electron chi connectivity index (χ2n) is 3.42. The molecule has 0 radical (unpaired) electrons. The summed E-state index contributed by atoms with van der Waals surface area (Å²) in [7, 11) is 0. The third-order valence-corrected chi connectivity index (χ3v) is 3.85. The van der Waals surface area contributed by atoms with E-state index < -0.39 is 5.51 Å². The number of alkyl halides is 5. The number of carbonyl (C=O) groups excluding carboxylic acids is 1. The van der Waals surface area contributed by atoms with Gasteiger partial charge in [-0.25, -0.2) is 0 Å². The molecular formula is C11H9BrClF3OS. The van der Waals surface area contributed by atoms with Crippen molar-refractivity contribution in [3.8, 4) is 0 Å². The van der Waals surface area contributed by atoms with E-state index in [1.54, 1.807) is 6.07 Å². The topological polar surface area (TPSA) is 17.1 Å². The van der Waals surface area contributed by atoms with E-state index in [0.717, 1.165) is 0 Å². The van der Waals surface area contributed by atoms with Crippen LogP contribution in [0.3, 0.4) is 0 Å². The van der Waals surface area contributed by atoms with Crippen molar-refractivity contribution in [2.45, 2.75) is 22.7 Å². The average Bonchev–Trinajstić information content (AvgIpc) is 2.27. The van der Waals surface area contributed by atoms with E-state index in [0.29, 0.717) is 11.1 Å². The smallest absolute Gasteiger partial charge is 0.298 e. The van der Waals surface area contributed by atoms with Gasteiger partial charge in [0.2, 0.25) is 0 Å². The fourth-order valence-corrected chi connectivity index (χ4v) is 2.72. The number of carbonyl (C=O) groups is 1. The Morgan fingerprint density at radius 2 is 2.06 bits per heavy atom. The van der Waals surface area contributed by atoms with Gasteiger partial charge in [0, 0.05) is 17.2 Å². The Hall–Kier alpha value is -0.200. The maximum atomic E-state index is 12.4. The van der Waals surface area contributed by atoms with Crippen LogP contribution in [-0.2, 0) is 17.1 Å². The van der Waals surface area contributed by atoms with E-state index in [-0.39, 0.29) is 40.1 Å². The number of ketones is 1. The first-order chi connectivity index (χ1) is 8.37. The molecule has 0 saturated heterocycles. The number of thioether (sulfide) groups is 1. The lowest BCUT2D eigenvalue weighted by Gasteiger charge is -2.13. The zero-order valence-corrected chi connectivity index (χ0v) is 12.2. The van der Waals surface area contributed by atoms with Crippen LogP contribution in [0.4, 0.5) is 13.2 Å². The summed E-state index contributed by atoms with van der Waals surface area (Å²) in [6.45, 7) is 0. The maximum absolute atomic E-state index is 12.4. The molecule has 0 fully saturated rings. The van der Waals surface area contributed by atoms with Gasteiger partial charge in [0.25, 0.3) is 0 Å². The zero-order valence-electron chi connectivity index (χ0n) is 9.06. The number of benzene rings is 1. The maximum Gasteiger partial charge on any atom is 0.446 e. The molecule has 1 nitrogen and oxygen atoms in total. The minimum Gasteiger partial charge on any atom is -0.298 e. The van der Waals surface area contributed by atoms with Crippen LogP contribution in [0.1, 0.15) is 11.1 Å². The van der Waals surface area contributed by atoms with Crippen LogP contribution < -0.4 is 0 Å². The largest absolute Gasteiger partial charge is 0.446 e. The van der Waals surface area contributed by atoms with Crippen molar-refractivity contribution in [1.82, 2.24) is 0 Å². The van der Waals surface area contributed by atoms with Gasteiger partial charge in [-0.1, -0.05) is 28.1 Å². The fourth-order valence-electron chi connectivity index (χ4n) is 1.41. The molecule has 0 N–H and O–H groups in total. The van der Waals surface area contributed by atoms with Crippen molar-refractivity contribution in [2.75, 3.05) is 5.33 Å². The SMILES string of the molecule is O=C(CBr)Cc1cccc(SC(F)(F)F)c1CCl. The molecule has 7 heteroatoms. The van der Waals surface area contributed by atoms with Gasteiger partial charge in [0.1, 0.15) is 5.78 Å². The van der Waals surface area contributed by atoms with Gasteiger partial charge in [0.05, 0.1) is 5.33 Å². The monoisotopic (exact) mass is 360 g/mol. The van der Waals surface area contributed by atoms with Crippen molar-refractivity contribution >= 4 is 45.1 Å². The number of hydrogen-bond acceptors (Lipinski definition) is 2. The lowest BCUT2D eigenvalue weighted by Crippen LogP contribution is -2.07. The lowest BCUT2D eigenvalue weighted by atomic mass is 10.0. The molecule has 18 heavy (non-hydrogen) atoms. The van der Waals surface area contributed by atoms with Crippen LogP contribution in [0.15, 0.2) is 23.1 Å². The van der Waals surface area contributed by atoms with Crippen LogP contribution in [-0.4, -0.2) is 16.6 Å². The van der Waals surface area contributed by atoms with Crippen LogP contribution >= 0.6 is 39.3 Å². The molecule has 0 spiro atoms. The van der Waals surface area contributed by atoms with E-state index in [1.807, 2.05) is 0 Å². The lowest BCUT2D eigenvalue weighted by molar-refractivity contribution is -0.115. The van der Waals surface area contributed by atoms with Crippen LogP contribution in [0.25, 0.3) is 0 Å². The molecule has 1 rings (SSSR count). The summed E-state index contributed by atoms with van der Waals surface area (Å²) in [4.78, 5) is 11.4. The number of Topliss-reactive ketones (excluding diaryl/α,β-unsaturated/α-hetero) is 1. The first-order valence-electron chi connectivity index (χ1n) is 4.87. The van der Waals surface area contributed by atoms with Crippen molar-refractivity contribution in [1.29, 1.82) is 0 Å². The summed E-state index contributed by atoms with van der Waals surface area (Å²) < 4.78 is 37.1. The molecule has 0 aliphatic rings. The molecule has 0 amide bonds. The third-order valence-electron chi connectivity index (χ3n) is 2.13. The van der Waals surface area contributed by atoms with Gasteiger partial charge in [-0.15, -0.1) is 11.6 Å². The molecule has 0 saturated carbocycles. The number of rotatable bonds is 5. The Labute approximate surface area is 120 Å². The number of hydrogen-bond donors (Lipinski definition) is 0. The predicted molar refractivity (Wildman–Crippen MR) is 70.4 cm³/mol. The van der Waals surface area contributed by atoms with Crippen molar-refractivity contribution < 1.29 is 18.0 Å². The highest BCUT2D eigenvalue weighted by molar-refractivity contribution is 9.09. The fraction of sp³-hybridized carbons (Fsp3) is 0.364. The van der Waals surface area contributed by atoms with E-state index in [4.69, 9.17) is 11.6 Å². The Morgan fingerprint density at radius 1 is 1.39 bits per heavy atom. The van der Waals surface area contributed by atoms with Gasteiger partial charge in [-0.3, -0.25) is 4.79 Å². The molecule has 0 aliphatic heterocycles. The summed E-state index contributed by atoms with van der Waals surface area (Å²) in [5.74, 6) is -0.153. The Morgan fingerprint density at radius 3 is 2.56 bits per heavy atom. The van der Waals surface area contributed by atoms with E-state index in [1.165, 1.54) is 12.1 Å². The summed E-state index contributed by atoms with van der Waals surface area (Å²) in [6, 6.07) is 4.48. The molecule has 0 unspecified atom stereocenters. The molecule has 0 aromatic heterocycles. The molecule has 0 aliphatic carbocycles. The Kier molecular flexibility index (Phi) is 6.01. The minimum absolute atomic E-state index is 0.0514. The molecule has 100 valence electrons. The van der Waals surface area contributed by atoms with E-state index in [2.05, 4.69) is 15.9 Å². The van der Waals surface area contributed by atoms with Crippen molar-refractivity contribution in [3.63, 3.8) is 0 Å². The molecule has 0 bridgehead atoms. The summed E-state index contributed by atoms with van der Waals surface area (Å²) in [5, 5.41) is 0.172. The first kappa shape index (κ1) is 15.9. The highest BCUT2D eigenvalue weighted by atomic mass is 79.9. The van der Waals surface area contributed by atoms with Crippen LogP contribution in [0.5, 0.6) is 0 Å². The van der Waals surface area contributed by atoms with Gasteiger partial charge < -0.3 is 0 Å². The predicted octanol–water partition coefficient (Wildman–Crippen LogP) is 4.54. The first-order valence-corrected chi connectivity index (χ1v) is 7.34. The molecule has 1 aromatic rings. The number of halogens is 5.